The quantitative estimate of drug-likeness (QED) is 0.0582. The lowest BCUT2D eigenvalue weighted by molar-refractivity contribution is 0.638. The molecular weight excluding hydrogens is 699 g/mol. The average Bonchev–Trinajstić information content (AvgIpc) is 3.44. The van der Waals surface area contributed by atoms with Crippen LogP contribution < -0.4 is 4.90 Å². The number of para-hydroxylation sites is 2. The number of hydrogen-bond donors (Lipinski definition) is 0. The lowest BCUT2D eigenvalue weighted by Gasteiger charge is -2.23. The molecule has 0 unspecified atom stereocenters. The van der Waals surface area contributed by atoms with Crippen molar-refractivity contribution in [2.75, 3.05) is 11.4 Å². The van der Waals surface area contributed by atoms with E-state index in [0.717, 1.165) is 6.54 Å². The van der Waals surface area contributed by atoms with Gasteiger partial charge in [-0.1, -0.05) is 190 Å². The molecule has 0 radical (unpaired) electrons. The van der Waals surface area contributed by atoms with Gasteiger partial charge in [0.25, 0.3) is 0 Å². The van der Waals surface area contributed by atoms with Crippen LogP contribution in [0.1, 0.15) is 62.4 Å². The van der Waals surface area contributed by atoms with Gasteiger partial charge < -0.3 is 4.90 Å². The smallest absolute Gasteiger partial charge is 0.0413 e. The van der Waals surface area contributed by atoms with Crippen molar-refractivity contribution < 1.29 is 0 Å². The number of nitrogens with zero attached hydrogens (tertiary/aromatic N) is 1. The number of rotatable bonds is 10. The van der Waals surface area contributed by atoms with Crippen LogP contribution in [-0.2, 0) is 5.41 Å². The Kier molecular flexibility index (Phi) is 12.0. The molecule has 0 amide bonds. The fourth-order valence-electron chi connectivity index (χ4n) is 8.29. The second kappa shape index (κ2) is 17.6. The van der Waals surface area contributed by atoms with Gasteiger partial charge in [0.2, 0.25) is 0 Å². The SMILES string of the molecule is C=C/C=C\C(=C/C)c1c(-c2ccccc2)c2ccccc2c2cc(/C=C/c3ccc4c(c3)C(C)(C)C(C)=C4C)ccc12.C=CCN(c1ccccc1)c1ccccc1. The molecule has 0 aromatic heterocycles. The summed E-state index contributed by atoms with van der Waals surface area (Å²) in [6.45, 7) is 19.9. The fraction of sp³-hybridized carbons (Fsp3) is 0.123. The molecule has 0 saturated heterocycles. The second-order valence-electron chi connectivity index (χ2n) is 15.4. The van der Waals surface area contributed by atoms with Gasteiger partial charge in [0, 0.05) is 23.3 Å². The summed E-state index contributed by atoms with van der Waals surface area (Å²) in [5.41, 5.74) is 15.5. The molecule has 0 fully saturated rings. The Morgan fingerprint density at radius 1 is 0.621 bits per heavy atom. The van der Waals surface area contributed by atoms with E-state index in [0.29, 0.717) is 0 Å². The maximum absolute atomic E-state index is 3.92. The Hall–Kier alpha value is -6.70. The largest absolute Gasteiger partial charge is 0.338 e. The summed E-state index contributed by atoms with van der Waals surface area (Å²) in [6, 6.07) is 54.1. The topological polar surface area (TPSA) is 3.24 Å². The van der Waals surface area contributed by atoms with Crippen LogP contribution in [0.3, 0.4) is 0 Å². The predicted molar refractivity (Wildman–Crippen MR) is 257 cm³/mol. The Balaban J connectivity index is 0.000000267. The Morgan fingerprint density at radius 2 is 1.19 bits per heavy atom. The Labute approximate surface area is 346 Å². The molecular formula is C57H53N. The number of hydrogen-bond acceptors (Lipinski definition) is 1. The molecule has 1 heteroatoms. The van der Waals surface area contributed by atoms with Crippen LogP contribution in [0.25, 0.3) is 56.0 Å². The molecule has 0 aliphatic heterocycles. The van der Waals surface area contributed by atoms with Gasteiger partial charge in [-0.15, -0.1) is 6.58 Å². The second-order valence-corrected chi connectivity index (χ2v) is 15.4. The van der Waals surface area contributed by atoms with Crippen LogP contribution in [0.15, 0.2) is 201 Å². The van der Waals surface area contributed by atoms with Crippen LogP contribution >= 0.6 is 0 Å². The minimum absolute atomic E-state index is 0.0720. The van der Waals surface area contributed by atoms with Crippen molar-refractivity contribution in [2.24, 2.45) is 0 Å². The van der Waals surface area contributed by atoms with Gasteiger partial charge in [-0.2, -0.15) is 0 Å². The van der Waals surface area contributed by atoms with Crippen molar-refractivity contribution in [3.8, 4) is 11.1 Å². The maximum Gasteiger partial charge on any atom is 0.0413 e. The Morgan fingerprint density at radius 3 is 1.79 bits per heavy atom. The molecule has 1 nitrogen and oxygen atoms in total. The molecule has 7 aromatic rings. The fourth-order valence-corrected chi connectivity index (χ4v) is 8.29. The van der Waals surface area contributed by atoms with Gasteiger partial charge in [-0.25, -0.2) is 0 Å². The summed E-state index contributed by atoms with van der Waals surface area (Å²) in [5.74, 6) is 0. The average molecular weight is 752 g/mol. The van der Waals surface area contributed by atoms with Gasteiger partial charge in [0.05, 0.1) is 0 Å². The molecule has 7 aromatic carbocycles. The highest BCUT2D eigenvalue weighted by Gasteiger charge is 2.33. The predicted octanol–water partition coefficient (Wildman–Crippen LogP) is 16.1. The lowest BCUT2D eigenvalue weighted by atomic mass is 9.81. The van der Waals surface area contributed by atoms with E-state index in [9.17, 15) is 0 Å². The van der Waals surface area contributed by atoms with E-state index >= 15 is 0 Å². The van der Waals surface area contributed by atoms with Crippen LogP contribution in [0.2, 0.25) is 0 Å². The normalized spacial score (nSPS) is 13.5. The molecule has 0 spiro atoms. The van der Waals surface area contributed by atoms with Crippen LogP contribution in [0, 0.1) is 0 Å². The number of allylic oxidation sites excluding steroid dienone is 7. The summed E-state index contributed by atoms with van der Waals surface area (Å²) < 4.78 is 0. The van der Waals surface area contributed by atoms with Crippen LogP contribution in [0.4, 0.5) is 11.4 Å². The number of benzene rings is 7. The highest BCUT2D eigenvalue weighted by atomic mass is 15.1. The van der Waals surface area contributed by atoms with E-state index in [1.54, 1.807) is 0 Å². The van der Waals surface area contributed by atoms with E-state index in [2.05, 4.69) is 192 Å². The summed E-state index contributed by atoms with van der Waals surface area (Å²) in [7, 11) is 0. The van der Waals surface area contributed by atoms with E-state index in [1.807, 2.05) is 54.6 Å². The van der Waals surface area contributed by atoms with Crippen molar-refractivity contribution in [2.45, 2.75) is 40.0 Å². The summed E-state index contributed by atoms with van der Waals surface area (Å²) in [6.07, 6.45) is 14.7. The number of fused-ring (bicyclic) bond motifs is 4. The van der Waals surface area contributed by atoms with Gasteiger partial charge in [-0.3, -0.25) is 0 Å². The van der Waals surface area contributed by atoms with Gasteiger partial charge in [0.15, 0.2) is 0 Å². The first-order chi connectivity index (χ1) is 28.3. The molecule has 0 atom stereocenters. The summed E-state index contributed by atoms with van der Waals surface area (Å²) in [5, 5.41) is 5.05. The van der Waals surface area contributed by atoms with Crippen molar-refractivity contribution in [1.29, 1.82) is 0 Å². The molecule has 286 valence electrons. The minimum atomic E-state index is 0.0720. The Bertz CT molecular complexity index is 2660. The lowest BCUT2D eigenvalue weighted by Crippen LogP contribution is -2.16. The van der Waals surface area contributed by atoms with E-state index in [-0.39, 0.29) is 5.41 Å². The minimum Gasteiger partial charge on any atom is -0.338 e. The van der Waals surface area contributed by atoms with Crippen molar-refractivity contribution in [3.63, 3.8) is 0 Å². The standard InChI is InChI=1S/C42H38.C15H15N/c1-7-9-15-32(8-2)40-37-25-23-30(20-21-31-22-24-34-28(3)29(4)42(5,6)39(34)27-31)26-38(37)35-18-13-14-19-36(35)41(40)33-16-11-10-12-17-33;1-2-13-16(14-9-5-3-6-10-14)15-11-7-4-8-12-15/h7-27H,1H2,2-6H3;2-12H,1,13H2/b15-9-,21-20+,32-8+;. The summed E-state index contributed by atoms with van der Waals surface area (Å²) in [4.78, 5) is 2.23. The highest BCUT2D eigenvalue weighted by molar-refractivity contribution is 6.20. The van der Waals surface area contributed by atoms with Gasteiger partial charge >= 0.3 is 0 Å². The maximum atomic E-state index is 3.92. The molecule has 0 heterocycles. The monoisotopic (exact) mass is 751 g/mol. The number of anilines is 2. The van der Waals surface area contributed by atoms with E-state index < -0.39 is 0 Å². The van der Waals surface area contributed by atoms with Crippen LogP contribution in [0.5, 0.6) is 0 Å². The van der Waals surface area contributed by atoms with Crippen LogP contribution in [-0.4, -0.2) is 6.54 Å². The zero-order valence-electron chi connectivity index (χ0n) is 34.5. The van der Waals surface area contributed by atoms with Crippen molar-refractivity contribution in [1.82, 2.24) is 0 Å². The third-order valence-electron chi connectivity index (χ3n) is 11.7. The first-order valence-electron chi connectivity index (χ1n) is 20.3. The van der Waals surface area contributed by atoms with Crippen molar-refractivity contribution >= 4 is 56.2 Å². The molecule has 1 aliphatic rings. The van der Waals surface area contributed by atoms with Crippen molar-refractivity contribution in [3.05, 3.63) is 229 Å². The first kappa shape index (κ1) is 39.5. The molecule has 1 aliphatic carbocycles. The van der Waals surface area contributed by atoms with Gasteiger partial charge in [-0.05, 0) is 123 Å². The molecule has 58 heavy (non-hydrogen) atoms. The van der Waals surface area contributed by atoms with E-state index in [1.165, 1.54) is 88.6 Å². The molecule has 0 N–H and O–H groups in total. The molecule has 8 rings (SSSR count). The zero-order chi connectivity index (χ0) is 40.6. The molecule has 0 bridgehead atoms. The molecule has 0 saturated carbocycles. The first-order valence-corrected chi connectivity index (χ1v) is 20.3. The third kappa shape index (κ3) is 7.95. The zero-order valence-corrected chi connectivity index (χ0v) is 34.5. The van der Waals surface area contributed by atoms with E-state index in [4.69, 9.17) is 0 Å². The van der Waals surface area contributed by atoms with Gasteiger partial charge in [0.1, 0.15) is 0 Å². The highest BCUT2D eigenvalue weighted by Crippen LogP contribution is 2.46. The third-order valence-corrected chi connectivity index (χ3v) is 11.7. The summed E-state index contributed by atoms with van der Waals surface area (Å²) >= 11 is 0.